The van der Waals surface area contributed by atoms with E-state index in [1.165, 1.54) is 19.2 Å². The number of hydrogen-bond donors (Lipinski definition) is 2. The molecule has 0 fully saturated rings. The number of aromatic amines is 1. The fraction of sp³-hybridized carbons (Fsp3) is 0.158. The van der Waals surface area contributed by atoms with Crippen molar-refractivity contribution in [2.24, 2.45) is 0 Å². The van der Waals surface area contributed by atoms with Gasteiger partial charge in [0.25, 0.3) is 11.7 Å². The van der Waals surface area contributed by atoms with Gasteiger partial charge in [0.15, 0.2) is 0 Å². The number of nitrogens with one attached hydrogen (secondary N) is 2. The van der Waals surface area contributed by atoms with Crippen LogP contribution in [0.15, 0.2) is 36.5 Å². The van der Waals surface area contributed by atoms with Crippen molar-refractivity contribution in [3.05, 3.63) is 64.6 Å². The topological polar surface area (TPSA) is 91.9 Å². The van der Waals surface area contributed by atoms with Gasteiger partial charge in [-0.1, -0.05) is 12.1 Å². The van der Waals surface area contributed by atoms with E-state index in [1.807, 2.05) is 0 Å². The van der Waals surface area contributed by atoms with Crippen LogP contribution >= 0.6 is 0 Å². The number of carbonyl (C=O) groups excluding carboxylic acids is 3. The van der Waals surface area contributed by atoms with Crippen LogP contribution in [0.3, 0.4) is 0 Å². The van der Waals surface area contributed by atoms with Gasteiger partial charge in [-0.15, -0.1) is 0 Å². The molecule has 0 saturated carbocycles. The molecule has 2 heterocycles. The number of amides is 1. The van der Waals surface area contributed by atoms with E-state index in [9.17, 15) is 27.6 Å². The molecule has 0 aliphatic carbocycles. The highest BCUT2D eigenvalue weighted by Gasteiger charge is 2.40. The van der Waals surface area contributed by atoms with Gasteiger partial charge in [0.05, 0.1) is 5.56 Å². The number of ketones is 1. The molecule has 3 aromatic rings. The first-order chi connectivity index (χ1) is 13.2. The van der Waals surface area contributed by atoms with Crippen LogP contribution in [0.4, 0.5) is 13.2 Å². The Kier molecular flexibility index (Phi) is 5.00. The number of nitrogens with zero attached hydrogens (tertiary/aromatic N) is 1. The maximum Gasteiger partial charge on any atom is 0.454 e. The summed E-state index contributed by atoms with van der Waals surface area (Å²) in [6, 6.07) is 7.50. The molecule has 0 saturated heterocycles. The van der Waals surface area contributed by atoms with Gasteiger partial charge in [-0.05, 0) is 23.8 Å². The third-order valence-corrected chi connectivity index (χ3v) is 4.16. The molecule has 3 rings (SSSR count). The summed E-state index contributed by atoms with van der Waals surface area (Å²) in [6.07, 6.45) is -3.41. The van der Waals surface area contributed by atoms with Crippen molar-refractivity contribution in [3.8, 4) is 0 Å². The van der Waals surface area contributed by atoms with Crippen LogP contribution in [0.1, 0.15) is 42.5 Å². The third-order valence-electron chi connectivity index (χ3n) is 4.16. The molecule has 0 bridgehead atoms. The minimum Gasteiger partial charge on any atom is -0.360 e. The van der Waals surface area contributed by atoms with Crippen LogP contribution in [0, 0.1) is 0 Å². The molecule has 0 radical (unpaired) electrons. The lowest BCUT2D eigenvalue weighted by atomic mass is 9.99. The number of aromatic nitrogens is 2. The van der Waals surface area contributed by atoms with Crippen LogP contribution < -0.4 is 5.32 Å². The zero-order chi connectivity index (χ0) is 20.5. The van der Waals surface area contributed by atoms with Crippen molar-refractivity contribution in [3.63, 3.8) is 0 Å². The summed E-state index contributed by atoms with van der Waals surface area (Å²) >= 11 is 0. The normalized spacial score (nSPS) is 11.4. The lowest BCUT2D eigenvalue weighted by Gasteiger charge is -2.09. The number of Topliss-reactive ketones (excluding diaryl/α,β-unsaturated/α-hetero) is 1. The van der Waals surface area contributed by atoms with E-state index in [-0.39, 0.29) is 23.1 Å². The van der Waals surface area contributed by atoms with E-state index < -0.39 is 23.4 Å². The molecule has 6 nitrogen and oxygen atoms in total. The molecule has 28 heavy (non-hydrogen) atoms. The van der Waals surface area contributed by atoms with Gasteiger partial charge >= 0.3 is 6.18 Å². The number of carbonyl (C=O) groups is 3. The molecule has 2 aromatic heterocycles. The largest absolute Gasteiger partial charge is 0.454 e. The van der Waals surface area contributed by atoms with Gasteiger partial charge in [-0.3, -0.25) is 14.4 Å². The van der Waals surface area contributed by atoms with Gasteiger partial charge in [0, 0.05) is 41.8 Å². The number of rotatable bonds is 5. The lowest BCUT2D eigenvalue weighted by Crippen LogP contribution is -2.22. The molecule has 9 heteroatoms. The maximum absolute atomic E-state index is 12.9. The van der Waals surface area contributed by atoms with Gasteiger partial charge in [-0.25, -0.2) is 4.98 Å². The van der Waals surface area contributed by atoms with Crippen molar-refractivity contribution in [2.75, 3.05) is 7.05 Å². The molecule has 0 aliphatic rings. The Morgan fingerprint density at radius 3 is 2.64 bits per heavy atom. The number of alkyl halides is 3. The Hall–Kier alpha value is -3.49. The van der Waals surface area contributed by atoms with Crippen LogP contribution in [0.2, 0.25) is 0 Å². The Bertz CT molecular complexity index is 1090. The highest BCUT2D eigenvalue weighted by Crippen LogP contribution is 2.30. The first-order valence-corrected chi connectivity index (χ1v) is 8.13. The molecule has 1 aromatic carbocycles. The summed E-state index contributed by atoms with van der Waals surface area (Å²) in [5.74, 6) is -2.45. The number of H-pyrrole nitrogens is 1. The predicted molar refractivity (Wildman–Crippen MR) is 94.5 cm³/mol. The summed E-state index contributed by atoms with van der Waals surface area (Å²) in [5, 5.41) is 2.53. The average molecular weight is 389 g/mol. The summed E-state index contributed by atoms with van der Waals surface area (Å²) in [4.78, 5) is 41.6. The number of hydrogen-bond acceptors (Lipinski definition) is 4. The monoisotopic (exact) mass is 389 g/mol. The molecule has 0 unspecified atom stereocenters. The number of pyridine rings is 1. The molecule has 0 atom stereocenters. The summed E-state index contributed by atoms with van der Waals surface area (Å²) in [7, 11) is 1.41. The predicted octanol–water partition coefficient (Wildman–Crippen LogP) is 3.07. The Balaban J connectivity index is 2.11. The van der Waals surface area contributed by atoms with E-state index >= 15 is 0 Å². The minimum atomic E-state index is -5.01. The van der Waals surface area contributed by atoms with Crippen LogP contribution in [-0.2, 0) is 6.42 Å². The minimum absolute atomic E-state index is 0.00920. The summed E-state index contributed by atoms with van der Waals surface area (Å²) in [5.41, 5.74) is 0.803. The SMILES string of the molecule is CNC(=O)c1cc(C=O)cc(Cc2cccc3[nH]cc(C(=O)C(F)(F)F)c23)n1. The molecular weight excluding hydrogens is 375 g/mol. The molecular formula is C19H14F3N3O3. The zero-order valence-electron chi connectivity index (χ0n) is 14.6. The molecule has 0 aliphatic heterocycles. The smallest absolute Gasteiger partial charge is 0.360 e. The maximum atomic E-state index is 12.9. The second kappa shape index (κ2) is 7.26. The van der Waals surface area contributed by atoms with E-state index in [4.69, 9.17) is 0 Å². The van der Waals surface area contributed by atoms with Gasteiger partial charge < -0.3 is 10.3 Å². The molecule has 144 valence electrons. The quantitative estimate of drug-likeness (QED) is 0.518. The third kappa shape index (κ3) is 3.64. The standard InChI is InChI=1S/C19H14F3N3O3/c1-23-18(28)15-6-10(9-26)5-12(25-15)7-11-3-2-4-14-16(11)13(8-24-14)17(27)19(20,21)22/h2-6,8-9,24H,7H2,1H3,(H,23,28). The fourth-order valence-electron chi connectivity index (χ4n) is 2.95. The second-order valence-electron chi connectivity index (χ2n) is 6.02. The number of halogens is 3. The van der Waals surface area contributed by atoms with Gasteiger partial charge in [-0.2, -0.15) is 13.2 Å². The van der Waals surface area contributed by atoms with Crippen molar-refractivity contribution in [2.45, 2.75) is 12.6 Å². The number of aldehydes is 1. The van der Waals surface area contributed by atoms with Gasteiger partial charge in [0.2, 0.25) is 0 Å². The number of fused-ring (bicyclic) bond motifs is 1. The number of benzene rings is 1. The first-order valence-electron chi connectivity index (χ1n) is 8.13. The Labute approximate surface area is 156 Å². The second-order valence-corrected chi connectivity index (χ2v) is 6.02. The van der Waals surface area contributed by atoms with Crippen LogP contribution in [-0.4, -0.2) is 41.2 Å². The van der Waals surface area contributed by atoms with Crippen molar-refractivity contribution in [1.82, 2.24) is 15.3 Å². The Morgan fingerprint density at radius 1 is 1.25 bits per heavy atom. The van der Waals surface area contributed by atoms with E-state index in [0.717, 1.165) is 6.20 Å². The highest BCUT2D eigenvalue weighted by atomic mass is 19.4. The fourth-order valence-corrected chi connectivity index (χ4v) is 2.95. The average Bonchev–Trinajstić information content (AvgIpc) is 3.10. The highest BCUT2D eigenvalue weighted by molar-refractivity contribution is 6.11. The first kappa shape index (κ1) is 19.3. The summed E-state index contributed by atoms with van der Waals surface area (Å²) in [6.45, 7) is 0. The van der Waals surface area contributed by atoms with Crippen LogP contribution in [0.5, 0.6) is 0 Å². The zero-order valence-corrected chi connectivity index (χ0v) is 14.6. The lowest BCUT2D eigenvalue weighted by molar-refractivity contribution is -0.0884. The van der Waals surface area contributed by atoms with Crippen molar-refractivity contribution in [1.29, 1.82) is 0 Å². The molecule has 0 spiro atoms. The Morgan fingerprint density at radius 2 is 2.00 bits per heavy atom. The van der Waals surface area contributed by atoms with Crippen LogP contribution in [0.25, 0.3) is 10.9 Å². The van der Waals surface area contributed by atoms with Crippen molar-refractivity contribution < 1.29 is 27.6 Å². The van der Waals surface area contributed by atoms with E-state index in [1.54, 1.807) is 18.2 Å². The molecule has 1 amide bonds. The van der Waals surface area contributed by atoms with Gasteiger partial charge in [0.1, 0.15) is 12.0 Å². The van der Waals surface area contributed by atoms with Crippen molar-refractivity contribution >= 4 is 28.9 Å². The van der Waals surface area contributed by atoms with E-state index in [2.05, 4.69) is 15.3 Å². The summed E-state index contributed by atoms with van der Waals surface area (Å²) < 4.78 is 38.8. The van der Waals surface area contributed by atoms with E-state index in [0.29, 0.717) is 23.1 Å². The molecule has 2 N–H and O–H groups in total.